The van der Waals surface area contributed by atoms with E-state index >= 15 is 0 Å². The Hall–Kier alpha value is -0.570. The molecule has 0 amide bonds. The van der Waals surface area contributed by atoms with Crippen molar-refractivity contribution in [2.24, 2.45) is 11.8 Å². The number of ether oxygens (including phenoxy) is 1. The average Bonchev–Trinajstić information content (AvgIpc) is 2.31. The molecule has 1 heterocycles. The molecule has 2 unspecified atom stereocenters. The first-order chi connectivity index (χ1) is 5.79. The number of rotatable bonds is 2. The quantitative estimate of drug-likeness (QED) is 0.679. The summed E-state index contributed by atoms with van der Waals surface area (Å²) in [7, 11) is 0. The van der Waals surface area contributed by atoms with Crippen molar-refractivity contribution in [2.45, 2.75) is 31.8 Å². The van der Waals surface area contributed by atoms with Crippen LogP contribution in [0.15, 0.2) is 0 Å². The summed E-state index contributed by atoms with van der Waals surface area (Å²) in [5.74, 6) is -0.367. The van der Waals surface area contributed by atoms with Gasteiger partial charge in [0.2, 0.25) is 0 Å². The van der Waals surface area contributed by atoms with Gasteiger partial charge in [-0.15, -0.1) is 0 Å². The van der Waals surface area contributed by atoms with E-state index in [1.807, 2.05) is 0 Å². The highest BCUT2D eigenvalue weighted by Crippen LogP contribution is 2.38. The number of carboxylic acid groups (broad SMARTS) is 1. The molecule has 12 heavy (non-hydrogen) atoms. The number of carboxylic acids is 1. The second kappa shape index (κ2) is 3.05. The van der Waals surface area contributed by atoms with Crippen LogP contribution >= 0.6 is 0 Å². The van der Waals surface area contributed by atoms with E-state index in [0.717, 1.165) is 12.8 Å². The van der Waals surface area contributed by atoms with Crippen molar-refractivity contribution in [3.63, 3.8) is 0 Å². The van der Waals surface area contributed by atoms with Crippen molar-refractivity contribution in [3.05, 3.63) is 0 Å². The molecule has 0 aromatic heterocycles. The molecule has 1 saturated heterocycles. The molecule has 1 N–H and O–H groups in total. The van der Waals surface area contributed by atoms with Crippen LogP contribution in [0.2, 0.25) is 0 Å². The second-order valence-corrected chi connectivity index (χ2v) is 3.76. The highest BCUT2D eigenvalue weighted by atomic mass is 16.5. The summed E-state index contributed by atoms with van der Waals surface area (Å²) in [5.41, 5.74) is 0. The van der Waals surface area contributed by atoms with Gasteiger partial charge in [-0.2, -0.15) is 0 Å². The van der Waals surface area contributed by atoms with Gasteiger partial charge in [-0.1, -0.05) is 6.42 Å². The van der Waals surface area contributed by atoms with Crippen LogP contribution < -0.4 is 0 Å². The van der Waals surface area contributed by atoms with E-state index in [9.17, 15) is 4.79 Å². The van der Waals surface area contributed by atoms with E-state index in [4.69, 9.17) is 9.84 Å². The maximum atomic E-state index is 10.8. The van der Waals surface area contributed by atoms with E-state index in [2.05, 4.69) is 0 Å². The number of hydrogen-bond acceptors (Lipinski definition) is 2. The lowest BCUT2D eigenvalue weighted by Crippen LogP contribution is -2.34. The fourth-order valence-corrected chi connectivity index (χ4v) is 2.11. The molecular weight excluding hydrogens is 156 g/mol. The Morgan fingerprint density at radius 3 is 2.58 bits per heavy atom. The largest absolute Gasteiger partial charge is 0.481 e. The van der Waals surface area contributed by atoms with Crippen LogP contribution in [0.4, 0.5) is 0 Å². The summed E-state index contributed by atoms with van der Waals surface area (Å²) in [4.78, 5) is 10.8. The van der Waals surface area contributed by atoms with Crippen LogP contribution in [0.1, 0.15) is 25.7 Å². The Bertz CT molecular complexity index is 186. The molecule has 0 aromatic carbocycles. The van der Waals surface area contributed by atoms with Crippen LogP contribution in [0, 0.1) is 11.8 Å². The average molecular weight is 170 g/mol. The lowest BCUT2D eigenvalue weighted by molar-refractivity contribution is -0.145. The second-order valence-electron chi connectivity index (χ2n) is 3.76. The number of hydrogen-bond donors (Lipinski definition) is 1. The monoisotopic (exact) mass is 170 g/mol. The predicted octanol–water partition coefficient (Wildman–Crippen LogP) is 1.28. The molecule has 0 spiro atoms. The summed E-state index contributed by atoms with van der Waals surface area (Å²) >= 11 is 0. The van der Waals surface area contributed by atoms with Crippen LogP contribution in [-0.2, 0) is 9.53 Å². The summed E-state index contributed by atoms with van der Waals surface area (Å²) in [5, 5.41) is 8.87. The van der Waals surface area contributed by atoms with Gasteiger partial charge in [0.1, 0.15) is 0 Å². The first kappa shape index (κ1) is 8.05. The Balaban J connectivity index is 1.98. The lowest BCUT2D eigenvalue weighted by Gasteiger charge is -2.32. The summed E-state index contributed by atoms with van der Waals surface area (Å²) in [6.45, 7) is 0.637. The third-order valence-corrected chi connectivity index (χ3v) is 3.07. The van der Waals surface area contributed by atoms with E-state index in [1.54, 1.807) is 0 Å². The van der Waals surface area contributed by atoms with Crippen LogP contribution in [0.5, 0.6) is 0 Å². The van der Waals surface area contributed by atoms with Crippen molar-refractivity contribution in [2.75, 3.05) is 6.61 Å². The lowest BCUT2D eigenvalue weighted by atomic mass is 9.77. The van der Waals surface area contributed by atoms with Crippen molar-refractivity contribution < 1.29 is 14.6 Å². The van der Waals surface area contributed by atoms with Gasteiger partial charge in [0.15, 0.2) is 0 Å². The molecule has 1 aliphatic heterocycles. The minimum atomic E-state index is -0.676. The maximum absolute atomic E-state index is 10.8. The van der Waals surface area contributed by atoms with Crippen LogP contribution in [-0.4, -0.2) is 23.8 Å². The van der Waals surface area contributed by atoms with Crippen molar-refractivity contribution in [1.82, 2.24) is 0 Å². The minimum Gasteiger partial charge on any atom is -0.481 e. The molecule has 0 radical (unpaired) electrons. The molecule has 2 rings (SSSR count). The van der Waals surface area contributed by atoms with Gasteiger partial charge in [-0.25, -0.2) is 0 Å². The third-order valence-electron chi connectivity index (χ3n) is 3.07. The molecule has 0 bridgehead atoms. The predicted molar refractivity (Wildman–Crippen MR) is 42.8 cm³/mol. The zero-order valence-electron chi connectivity index (χ0n) is 7.03. The normalized spacial score (nSPS) is 36.3. The molecule has 3 heteroatoms. The fourth-order valence-electron chi connectivity index (χ4n) is 2.11. The molecule has 1 saturated carbocycles. The zero-order valence-corrected chi connectivity index (χ0v) is 7.03. The molecule has 3 nitrogen and oxygen atoms in total. The van der Waals surface area contributed by atoms with E-state index in [-0.39, 0.29) is 12.0 Å². The smallest absolute Gasteiger partial charge is 0.309 e. The standard InChI is InChI=1S/C9H14O3/c10-9(11)7-4-5-12-8(7)6-2-1-3-6/h6-8H,1-5H2,(H,10,11). The van der Waals surface area contributed by atoms with Gasteiger partial charge in [-0.3, -0.25) is 4.79 Å². The summed E-state index contributed by atoms with van der Waals surface area (Å²) in [6, 6.07) is 0. The molecule has 2 aliphatic rings. The SMILES string of the molecule is O=C(O)C1CCOC1C1CCC1. The van der Waals surface area contributed by atoms with Gasteiger partial charge < -0.3 is 9.84 Å². The van der Waals surface area contributed by atoms with Crippen LogP contribution in [0.25, 0.3) is 0 Å². The van der Waals surface area contributed by atoms with E-state index in [0.29, 0.717) is 18.9 Å². The van der Waals surface area contributed by atoms with Crippen LogP contribution in [0.3, 0.4) is 0 Å². The summed E-state index contributed by atoms with van der Waals surface area (Å²) in [6.07, 6.45) is 4.30. The van der Waals surface area contributed by atoms with Crippen molar-refractivity contribution >= 4 is 5.97 Å². The Kier molecular flexibility index (Phi) is 2.05. The molecule has 1 aliphatic carbocycles. The van der Waals surface area contributed by atoms with E-state index < -0.39 is 5.97 Å². The first-order valence-corrected chi connectivity index (χ1v) is 4.63. The fraction of sp³-hybridized carbons (Fsp3) is 0.889. The highest BCUT2D eigenvalue weighted by Gasteiger charge is 2.41. The maximum Gasteiger partial charge on any atom is 0.309 e. The Labute approximate surface area is 71.7 Å². The van der Waals surface area contributed by atoms with Gasteiger partial charge in [0, 0.05) is 6.61 Å². The summed E-state index contributed by atoms with van der Waals surface area (Å²) < 4.78 is 5.45. The zero-order chi connectivity index (χ0) is 8.55. The van der Waals surface area contributed by atoms with Crippen molar-refractivity contribution in [3.8, 4) is 0 Å². The molecule has 2 atom stereocenters. The van der Waals surface area contributed by atoms with Gasteiger partial charge in [0.05, 0.1) is 12.0 Å². The van der Waals surface area contributed by atoms with Gasteiger partial charge in [-0.05, 0) is 25.2 Å². The topological polar surface area (TPSA) is 46.5 Å². The Morgan fingerprint density at radius 2 is 2.08 bits per heavy atom. The van der Waals surface area contributed by atoms with E-state index in [1.165, 1.54) is 6.42 Å². The number of aliphatic carboxylic acids is 1. The first-order valence-electron chi connectivity index (χ1n) is 4.63. The highest BCUT2D eigenvalue weighted by molar-refractivity contribution is 5.71. The molecular formula is C9H14O3. The van der Waals surface area contributed by atoms with Crippen molar-refractivity contribution in [1.29, 1.82) is 0 Å². The third kappa shape index (κ3) is 1.22. The molecule has 68 valence electrons. The molecule has 2 fully saturated rings. The Morgan fingerprint density at radius 1 is 1.33 bits per heavy atom. The number of carbonyl (C=O) groups is 1. The van der Waals surface area contributed by atoms with Gasteiger partial charge in [0.25, 0.3) is 0 Å². The van der Waals surface area contributed by atoms with Gasteiger partial charge >= 0.3 is 5.97 Å². The molecule has 0 aromatic rings. The minimum absolute atomic E-state index is 0.0243.